The van der Waals surface area contributed by atoms with E-state index in [1.807, 2.05) is 24.3 Å². The van der Waals surface area contributed by atoms with E-state index in [2.05, 4.69) is 10.1 Å². The number of nitrogens with zero attached hydrogens (tertiary/aromatic N) is 3. The summed E-state index contributed by atoms with van der Waals surface area (Å²) in [6.45, 7) is 0.897. The summed E-state index contributed by atoms with van der Waals surface area (Å²) in [6.07, 6.45) is 2.51. The molecule has 7 heteroatoms. The van der Waals surface area contributed by atoms with E-state index >= 15 is 0 Å². The third kappa shape index (κ3) is 2.77. The SMILES string of the molecule is COc1cccc(CC(=O)N2CCc3c(nc4cc[nH]n4c3=O)C2)c1. The van der Waals surface area contributed by atoms with Crippen LogP contribution in [-0.2, 0) is 24.2 Å². The number of aromatic nitrogens is 3. The van der Waals surface area contributed by atoms with Gasteiger partial charge in [0.25, 0.3) is 5.56 Å². The van der Waals surface area contributed by atoms with Crippen LogP contribution in [0.3, 0.4) is 0 Å². The third-order valence-corrected chi connectivity index (χ3v) is 4.54. The van der Waals surface area contributed by atoms with Crippen LogP contribution in [-0.4, -0.2) is 39.1 Å². The van der Waals surface area contributed by atoms with Crippen molar-refractivity contribution in [2.75, 3.05) is 13.7 Å². The van der Waals surface area contributed by atoms with Crippen LogP contribution < -0.4 is 10.3 Å². The van der Waals surface area contributed by atoms with Crippen molar-refractivity contribution in [2.24, 2.45) is 0 Å². The first kappa shape index (κ1) is 15.4. The minimum Gasteiger partial charge on any atom is -0.497 e. The summed E-state index contributed by atoms with van der Waals surface area (Å²) in [6, 6.07) is 9.25. The largest absolute Gasteiger partial charge is 0.497 e. The summed E-state index contributed by atoms with van der Waals surface area (Å²) >= 11 is 0. The normalized spacial score (nSPS) is 13.7. The van der Waals surface area contributed by atoms with Crippen molar-refractivity contribution in [3.8, 4) is 5.75 Å². The zero-order valence-electron chi connectivity index (χ0n) is 13.9. The number of methoxy groups -OCH3 is 1. The first-order chi connectivity index (χ1) is 12.2. The number of carbonyl (C=O) groups is 1. The van der Waals surface area contributed by atoms with Crippen LogP contribution in [0, 0.1) is 0 Å². The Balaban J connectivity index is 1.56. The van der Waals surface area contributed by atoms with Crippen molar-refractivity contribution < 1.29 is 9.53 Å². The van der Waals surface area contributed by atoms with Gasteiger partial charge in [-0.3, -0.25) is 14.7 Å². The fraction of sp³-hybridized carbons (Fsp3) is 0.278. The molecule has 0 bridgehead atoms. The van der Waals surface area contributed by atoms with Crippen molar-refractivity contribution in [1.29, 1.82) is 0 Å². The van der Waals surface area contributed by atoms with Gasteiger partial charge in [0.15, 0.2) is 5.65 Å². The average molecular weight is 338 g/mol. The number of aromatic amines is 1. The quantitative estimate of drug-likeness (QED) is 0.777. The van der Waals surface area contributed by atoms with Crippen LogP contribution in [0.1, 0.15) is 16.8 Å². The smallest absolute Gasteiger partial charge is 0.276 e. The van der Waals surface area contributed by atoms with E-state index < -0.39 is 0 Å². The van der Waals surface area contributed by atoms with Gasteiger partial charge in [0.05, 0.1) is 25.8 Å². The highest BCUT2D eigenvalue weighted by molar-refractivity contribution is 5.79. The summed E-state index contributed by atoms with van der Waals surface area (Å²) in [5.74, 6) is 0.758. The maximum absolute atomic E-state index is 12.6. The van der Waals surface area contributed by atoms with Crippen LogP contribution in [0.15, 0.2) is 41.3 Å². The lowest BCUT2D eigenvalue weighted by molar-refractivity contribution is -0.131. The Morgan fingerprint density at radius 2 is 2.24 bits per heavy atom. The highest BCUT2D eigenvalue weighted by Crippen LogP contribution is 2.18. The van der Waals surface area contributed by atoms with Crippen LogP contribution in [0.25, 0.3) is 5.65 Å². The van der Waals surface area contributed by atoms with Gasteiger partial charge in [-0.05, 0) is 24.1 Å². The van der Waals surface area contributed by atoms with Crippen LogP contribution in [0.2, 0.25) is 0 Å². The fourth-order valence-corrected chi connectivity index (χ4v) is 3.21. The molecule has 0 atom stereocenters. The lowest BCUT2D eigenvalue weighted by Crippen LogP contribution is -2.40. The number of hydrogen-bond acceptors (Lipinski definition) is 4. The molecule has 3 aromatic rings. The molecular formula is C18H18N4O3. The molecular weight excluding hydrogens is 320 g/mol. The summed E-state index contributed by atoms with van der Waals surface area (Å²) in [7, 11) is 1.61. The molecule has 1 aliphatic heterocycles. The van der Waals surface area contributed by atoms with Gasteiger partial charge in [0.1, 0.15) is 5.75 Å². The molecule has 3 heterocycles. The summed E-state index contributed by atoms with van der Waals surface area (Å²) in [5, 5.41) is 2.86. The van der Waals surface area contributed by atoms with Gasteiger partial charge < -0.3 is 9.64 Å². The minimum absolute atomic E-state index is 0.0231. The number of hydrogen-bond donors (Lipinski definition) is 1. The fourth-order valence-electron chi connectivity index (χ4n) is 3.21. The highest BCUT2D eigenvalue weighted by atomic mass is 16.5. The van der Waals surface area contributed by atoms with Crippen LogP contribution >= 0.6 is 0 Å². The Labute approximate surface area is 143 Å². The average Bonchev–Trinajstić information content (AvgIpc) is 3.10. The first-order valence-electron chi connectivity index (χ1n) is 8.14. The second kappa shape index (κ2) is 6.08. The Bertz CT molecular complexity index is 1000. The summed E-state index contributed by atoms with van der Waals surface area (Å²) in [5.41, 5.74) is 2.78. The van der Waals surface area contributed by atoms with Crippen molar-refractivity contribution in [1.82, 2.24) is 19.5 Å². The predicted octanol–water partition coefficient (Wildman–Crippen LogP) is 1.16. The Morgan fingerprint density at radius 1 is 1.36 bits per heavy atom. The molecule has 2 aromatic heterocycles. The summed E-state index contributed by atoms with van der Waals surface area (Å²) in [4.78, 5) is 31.4. The maximum atomic E-state index is 12.6. The molecule has 0 aliphatic carbocycles. The number of benzene rings is 1. The highest BCUT2D eigenvalue weighted by Gasteiger charge is 2.25. The van der Waals surface area contributed by atoms with E-state index in [0.29, 0.717) is 42.8 Å². The molecule has 25 heavy (non-hydrogen) atoms. The van der Waals surface area contributed by atoms with E-state index in [1.54, 1.807) is 24.3 Å². The predicted molar refractivity (Wildman–Crippen MR) is 91.6 cm³/mol. The molecule has 0 radical (unpaired) electrons. The zero-order valence-corrected chi connectivity index (χ0v) is 13.9. The van der Waals surface area contributed by atoms with Gasteiger partial charge in [-0.15, -0.1) is 0 Å². The van der Waals surface area contributed by atoms with Crippen molar-refractivity contribution >= 4 is 11.6 Å². The monoisotopic (exact) mass is 338 g/mol. The Morgan fingerprint density at radius 3 is 3.08 bits per heavy atom. The second-order valence-electron chi connectivity index (χ2n) is 6.09. The topological polar surface area (TPSA) is 79.7 Å². The molecule has 0 saturated heterocycles. The number of fused-ring (bicyclic) bond motifs is 2. The Hall–Kier alpha value is -3.09. The van der Waals surface area contributed by atoms with Gasteiger partial charge in [0, 0.05) is 24.4 Å². The number of nitrogens with one attached hydrogen (secondary N) is 1. The van der Waals surface area contributed by atoms with E-state index in [-0.39, 0.29) is 11.5 Å². The molecule has 0 fully saturated rings. The number of ether oxygens (including phenoxy) is 1. The van der Waals surface area contributed by atoms with Gasteiger partial charge in [-0.25, -0.2) is 9.50 Å². The van der Waals surface area contributed by atoms with Crippen molar-refractivity contribution in [3.05, 3.63) is 63.7 Å². The van der Waals surface area contributed by atoms with E-state index in [9.17, 15) is 9.59 Å². The zero-order chi connectivity index (χ0) is 17.4. The number of rotatable bonds is 3. The van der Waals surface area contributed by atoms with Crippen LogP contribution in [0.5, 0.6) is 5.75 Å². The number of carbonyl (C=O) groups excluding carboxylic acids is 1. The van der Waals surface area contributed by atoms with Crippen LogP contribution in [0.4, 0.5) is 0 Å². The van der Waals surface area contributed by atoms with E-state index in [4.69, 9.17) is 4.74 Å². The second-order valence-corrected chi connectivity index (χ2v) is 6.09. The molecule has 1 aliphatic rings. The van der Waals surface area contributed by atoms with Gasteiger partial charge in [0.2, 0.25) is 5.91 Å². The molecule has 4 rings (SSSR count). The lowest BCUT2D eigenvalue weighted by atomic mass is 10.0. The summed E-state index contributed by atoms with van der Waals surface area (Å²) < 4.78 is 6.64. The van der Waals surface area contributed by atoms with E-state index in [1.165, 1.54) is 4.52 Å². The minimum atomic E-state index is -0.0788. The molecule has 1 N–H and O–H groups in total. The van der Waals surface area contributed by atoms with Gasteiger partial charge in [-0.1, -0.05) is 12.1 Å². The van der Waals surface area contributed by atoms with E-state index in [0.717, 1.165) is 11.3 Å². The Kier molecular flexibility index (Phi) is 3.76. The van der Waals surface area contributed by atoms with Crippen molar-refractivity contribution in [3.63, 3.8) is 0 Å². The molecule has 1 amide bonds. The molecule has 0 spiro atoms. The lowest BCUT2D eigenvalue weighted by Gasteiger charge is -2.27. The molecule has 7 nitrogen and oxygen atoms in total. The van der Waals surface area contributed by atoms with Gasteiger partial charge in [-0.2, -0.15) is 0 Å². The maximum Gasteiger partial charge on any atom is 0.276 e. The third-order valence-electron chi connectivity index (χ3n) is 4.54. The standard InChI is InChI=1S/C18H18N4O3/c1-25-13-4-2-3-12(9-13)10-17(23)21-8-6-14-15(11-21)20-16-5-7-19-22(16)18(14)24/h2-5,7,9,19H,6,8,10-11H2,1H3. The number of H-pyrrole nitrogens is 1. The molecule has 0 saturated carbocycles. The van der Waals surface area contributed by atoms with Gasteiger partial charge >= 0.3 is 0 Å². The molecule has 1 aromatic carbocycles. The number of amides is 1. The molecule has 0 unspecified atom stereocenters. The van der Waals surface area contributed by atoms with Crippen molar-refractivity contribution in [2.45, 2.75) is 19.4 Å². The molecule has 128 valence electrons. The first-order valence-corrected chi connectivity index (χ1v) is 8.14.